The standard InChI is InChI=1S/C14H14ClN3S/c1-2-9-8-17-14(19-9)18-12-6-5-11(15)10-4-3-7-16-13(10)12/h3-7,9H,2,8H2,1H3,(H,17,18). The highest BCUT2D eigenvalue weighted by molar-refractivity contribution is 8.15. The molecule has 1 aromatic heterocycles. The number of amidine groups is 1. The minimum atomic E-state index is 0.592. The fourth-order valence-electron chi connectivity index (χ4n) is 2.05. The zero-order valence-electron chi connectivity index (χ0n) is 10.6. The molecule has 98 valence electrons. The number of nitrogens with zero attached hydrogens (tertiary/aromatic N) is 2. The summed E-state index contributed by atoms with van der Waals surface area (Å²) in [6.45, 7) is 3.08. The van der Waals surface area contributed by atoms with Crippen LogP contribution in [0.15, 0.2) is 35.5 Å². The van der Waals surface area contributed by atoms with Crippen molar-refractivity contribution in [3.8, 4) is 0 Å². The average molecular weight is 292 g/mol. The first-order valence-corrected chi connectivity index (χ1v) is 7.55. The van der Waals surface area contributed by atoms with Gasteiger partial charge in [-0.05, 0) is 30.7 Å². The van der Waals surface area contributed by atoms with Crippen molar-refractivity contribution in [2.24, 2.45) is 4.99 Å². The van der Waals surface area contributed by atoms with Crippen LogP contribution in [0.1, 0.15) is 13.3 Å². The molecule has 0 saturated carbocycles. The van der Waals surface area contributed by atoms with Crippen molar-refractivity contribution in [1.29, 1.82) is 0 Å². The minimum Gasteiger partial charge on any atom is -0.333 e. The van der Waals surface area contributed by atoms with Gasteiger partial charge in [0.25, 0.3) is 0 Å². The lowest BCUT2D eigenvalue weighted by atomic mass is 10.2. The fourth-order valence-corrected chi connectivity index (χ4v) is 3.22. The molecule has 0 radical (unpaired) electrons. The SMILES string of the molecule is CCC1CN=C(Nc2ccc(Cl)c3cccnc23)S1. The quantitative estimate of drug-likeness (QED) is 0.902. The number of halogens is 1. The highest BCUT2D eigenvalue weighted by Crippen LogP contribution is 2.30. The van der Waals surface area contributed by atoms with Crippen LogP contribution in [0.25, 0.3) is 10.9 Å². The summed E-state index contributed by atoms with van der Waals surface area (Å²) in [5, 5.41) is 6.62. The van der Waals surface area contributed by atoms with Crippen LogP contribution in [-0.4, -0.2) is 21.9 Å². The largest absolute Gasteiger partial charge is 0.333 e. The molecular weight excluding hydrogens is 278 g/mol. The van der Waals surface area contributed by atoms with Gasteiger partial charge in [0.15, 0.2) is 5.17 Å². The second kappa shape index (κ2) is 5.39. The number of benzene rings is 1. The van der Waals surface area contributed by atoms with E-state index in [9.17, 15) is 0 Å². The van der Waals surface area contributed by atoms with E-state index in [4.69, 9.17) is 11.6 Å². The summed E-state index contributed by atoms with van der Waals surface area (Å²) in [5.74, 6) is 0. The Morgan fingerprint density at radius 3 is 3.11 bits per heavy atom. The first-order valence-electron chi connectivity index (χ1n) is 6.29. The molecule has 0 bridgehead atoms. The second-order valence-electron chi connectivity index (χ2n) is 4.41. The summed E-state index contributed by atoms with van der Waals surface area (Å²) in [7, 11) is 0. The Balaban J connectivity index is 1.92. The van der Waals surface area contributed by atoms with E-state index in [1.165, 1.54) is 0 Å². The summed E-state index contributed by atoms with van der Waals surface area (Å²) < 4.78 is 0. The van der Waals surface area contributed by atoms with Crippen LogP contribution in [0.5, 0.6) is 0 Å². The van der Waals surface area contributed by atoms with E-state index < -0.39 is 0 Å². The smallest absolute Gasteiger partial charge is 0.161 e. The van der Waals surface area contributed by atoms with Crippen LogP contribution in [0.3, 0.4) is 0 Å². The average Bonchev–Trinajstić information content (AvgIpc) is 2.90. The Hall–Kier alpha value is -1.26. The molecule has 0 aliphatic carbocycles. The molecule has 3 rings (SSSR count). The van der Waals surface area contributed by atoms with E-state index in [0.29, 0.717) is 5.25 Å². The zero-order chi connectivity index (χ0) is 13.2. The molecule has 1 aliphatic rings. The predicted molar refractivity (Wildman–Crippen MR) is 84.3 cm³/mol. The molecule has 5 heteroatoms. The molecule has 1 N–H and O–H groups in total. The Bertz CT molecular complexity index is 642. The van der Waals surface area contributed by atoms with Gasteiger partial charge in [0.2, 0.25) is 0 Å². The number of anilines is 1. The lowest BCUT2D eigenvalue weighted by Crippen LogP contribution is -2.07. The summed E-state index contributed by atoms with van der Waals surface area (Å²) in [6.07, 6.45) is 2.92. The third-order valence-corrected chi connectivity index (χ3v) is 4.73. The predicted octanol–water partition coefficient (Wildman–Crippen LogP) is 4.18. The van der Waals surface area contributed by atoms with Gasteiger partial charge in [0.1, 0.15) is 0 Å². The normalized spacial score (nSPS) is 18.6. The Labute approximate surface area is 121 Å². The van der Waals surface area contributed by atoms with Crippen molar-refractivity contribution in [2.45, 2.75) is 18.6 Å². The summed E-state index contributed by atoms with van der Waals surface area (Å²) in [6, 6.07) is 7.73. The van der Waals surface area contributed by atoms with Gasteiger partial charge >= 0.3 is 0 Å². The van der Waals surface area contributed by atoms with Crippen LogP contribution in [0, 0.1) is 0 Å². The molecule has 2 heterocycles. The summed E-state index contributed by atoms with van der Waals surface area (Å²) >= 11 is 7.98. The van der Waals surface area contributed by atoms with Gasteiger partial charge in [-0.15, -0.1) is 0 Å². The van der Waals surface area contributed by atoms with E-state index in [1.807, 2.05) is 24.3 Å². The zero-order valence-corrected chi connectivity index (χ0v) is 12.1. The third-order valence-electron chi connectivity index (χ3n) is 3.13. The van der Waals surface area contributed by atoms with E-state index in [0.717, 1.165) is 39.7 Å². The van der Waals surface area contributed by atoms with Crippen molar-refractivity contribution in [1.82, 2.24) is 4.98 Å². The van der Waals surface area contributed by atoms with Crippen molar-refractivity contribution in [2.75, 3.05) is 11.9 Å². The van der Waals surface area contributed by atoms with E-state index in [1.54, 1.807) is 18.0 Å². The maximum atomic E-state index is 6.19. The van der Waals surface area contributed by atoms with Gasteiger partial charge < -0.3 is 5.32 Å². The number of fused-ring (bicyclic) bond motifs is 1. The Morgan fingerprint density at radius 1 is 1.42 bits per heavy atom. The number of nitrogens with one attached hydrogen (secondary N) is 1. The minimum absolute atomic E-state index is 0.592. The number of hydrogen-bond acceptors (Lipinski definition) is 4. The van der Waals surface area contributed by atoms with Gasteiger partial charge in [-0.3, -0.25) is 9.98 Å². The van der Waals surface area contributed by atoms with E-state index in [2.05, 4.69) is 22.2 Å². The highest BCUT2D eigenvalue weighted by Gasteiger charge is 2.18. The molecule has 1 unspecified atom stereocenters. The molecule has 0 fully saturated rings. The second-order valence-corrected chi connectivity index (χ2v) is 6.11. The maximum Gasteiger partial charge on any atom is 0.161 e. The van der Waals surface area contributed by atoms with Crippen molar-refractivity contribution in [3.05, 3.63) is 35.5 Å². The fraction of sp³-hybridized carbons (Fsp3) is 0.286. The molecular formula is C14H14ClN3S. The van der Waals surface area contributed by atoms with E-state index >= 15 is 0 Å². The number of rotatable bonds is 2. The Morgan fingerprint density at radius 2 is 2.32 bits per heavy atom. The van der Waals surface area contributed by atoms with Gasteiger partial charge in [0, 0.05) is 16.8 Å². The number of pyridine rings is 1. The lowest BCUT2D eigenvalue weighted by Gasteiger charge is -2.10. The number of aliphatic imine (C=N–C) groups is 1. The molecule has 1 atom stereocenters. The number of aromatic nitrogens is 1. The van der Waals surface area contributed by atoms with Gasteiger partial charge in [-0.25, -0.2) is 0 Å². The molecule has 0 amide bonds. The van der Waals surface area contributed by atoms with Gasteiger partial charge in [0.05, 0.1) is 22.8 Å². The molecule has 0 saturated heterocycles. The van der Waals surface area contributed by atoms with Crippen LogP contribution >= 0.6 is 23.4 Å². The lowest BCUT2D eigenvalue weighted by molar-refractivity contribution is 0.844. The molecule has 3 nitrogen and oxygen atoms in total. The molecule has 2 aromatic rings. The van der Waals surface area contributed by atoms with Crippen LogP contribution in [-0.2, 0) is 0 Å². The topological polar surface area (TPSA) is 37.3 Å². The third kappa shape index (κ3) is 2.55. The van der Waals surface area contributed by atoms with Crippen molar-refractivity contribution in [3.63, 3.8) is 0 Å². The highest BCUT2D eigenvalue weighted by atomic mass is 35.5. The first kappa shape index (κ1) is 12.8. The van der Waals surface area contributed by atoms with Crippen molar-refractivity contribution >= 4 is 45.1 Å². The summed E-state index contributed by atoms with van der Waals surface area (Å²) in [5.41, 5.74) is 1.85. The first-order chi connectivity index (χ1) is 9.28. The van der Waals surface area contributed by atoms with Gasteiger partial charge in [-0.2, -0.15) is 0 Å². The van der Waals surface area contributed by atoms with Crippen LogP contribution < -0.4 is 5.32 Å². The number of hydrogen-bond donors (Lipinski definition) is 1. The maximum absolute atomic E-state index is 6.19. The monoisotopic (exact) mass is 291 g/mol. The number of thioether (sulfide) groups is 1. The Kier molecular flexibility index (Phi) is 3.62. The molecule has 0 spiro atoms. The van der Waals surface area contributed by atoms with E-state index in [-0.39, 0.29) is 0 Å². The summed E-state index contributed by atoms with van der Waals surface area (Å²) in [4.78, 5) is 8.93. The van der Waals surface area contributed by atoms with Crippen molar-refractivity contribution < 1.29 is 0 Å². The van der Waals surface area contributed by atoms with Crippen LogP contribution in [0.4, 0.5) is 5.69 Å². The van der Waals surface area contributed by atoms with Gasteiger partial charge in [-0.1, -0.05) is 30.3 Å². The molecule has 19 heavy (non-hydrogen) atoms. The molecule has 1 aliphatic heterocycles. The van der Waals surface area contributed by atoms with Crippen LogP contribution in [0.2, 0.25) is 5.02 Å². The molecule has 1 aromatic carbocycles.